The van der Waals surface area contributed by atoms with Gasteiger partial charge in [0.1, 0.15) is 0 Å². The molecule has 0 fully saturated rings. The fraction of sp³-hybridized carbons (Fsp3) is 0.294. The Morgan fingerprint density at radius 3 is 2.62 bits per heavy atom. The van der Waals surface area contributed by atoms with Gasteiger partial charge in [0.15, 0.2) is 0 Å². The Morgan fingerprint density at radius 2 is 2.00 bits per heavy atom. The van der Waals surface area contributed by atoms with Crippen molar-refractivity contribution in [2.75, 3.05) is 19.6 Å². The highest BCUT2D eigenvalue weighted by Gasteiger charge is 2.19. The van der Waals surface area contributed by atoms with Crippen LogP contribution in [0.25, 0.3) is 0 Å². The van der Waals surface area contributed by atoms with Crippen LogP contribution >= 0.6 is 11.3 Å². The van der Waals surface area contributed by atoms with Gasteiger partial charge in [0, 0.05) is 6.54 Å². The molecule has 1 atom stereocenters. The summed E-state index contributed by atoms with van der Waals surface area (Å²) < 4.78 is 0. The van der Waals surface area contributed by atoms with Crippen molar-refractivity contribution in [3.63, 3.8) is 0 Å². The number of nitrogens with two attached hydrogens (primary N) is 1. The van der Waals surface area contributed by atoms with Crippen LogP contribution in [0.2, 0.25) is 0 Å². The zero-order chi connectivity index (χ0) is 17.4. The summed E-state index contributed by atoms with van der Waals surface area (Å²) in [5, 5.41) is 16.5. The first-order chi connectivity index (χ1) is 11.6. The number of aliphatic hydroxyl groups is 1. The number of nitrogens with zero attached hydrogens (tertiary/aromatic N) is 1. The van der Waals surface area contributed by atoms with Gasteiger partial charge >= 0.3 is 0 Å². The lowest BCUT2D eigenvalue weighted by Gasteiger charge is -2.25. The maximum Gasteiger partial charge on any atom is 0.242 e. The van der Waals surface area contributed by atoms with Crippen LogP contribution in [0.3, 0.4) is 0 Å². The Morgan fingerprint density at radius 1 is 1.25 bits per heavy atom. The standard InChI is InChI=1S/C17H21N3O3S/c18-8-16(22)19-9-17(23)20(10-13-4-2-1-3-5-13)11-15(21)14-6-7-24-12-14/h1-7,12,15,21H,8-11,18H2,(H,19,22). The molecule has 1 heterocycles. The number of amides is 2. The predicted molar refractivity (Wildman–Crippen MR) is 93.2 cm³/mol. The van der Waals surface area contributed by atoms with E-state index < -0.39 is 6.10 Å². The Labute approximate surface area is 144 Å². The SMILES string of the molecule is NCC(=O)NCC(=O)N(Cc1ccccc1)CC(O)c1ccsc1. The summed E-state index contributed by atoms with van der Waals surface area (Å²) in [5.74, 6) is -0.656. The number of carbonyl (C=O) groups is 2. The molecule has 0 spiro atoms. The van der Waals surface area contributed by atoms with Gasteiger partial charge < -0.3 is 21.1 Å². The Balaban J connectivity index is 2.05. The lowest BCUT2D eigenvalue weighted by Crippen LogP contribution is -2.43. The highest BCUT2D eigenvalue weighted by atomic mass is 32.1. The third kappa shape index (κ3) is 5.45. The van der Waals surface area contributed by atoms with Gasteiger partial charge in [-0.05, 0) is 28.0 Å². The summed E-state index contributed by atoms with van der Waals surface area (Å²) in [6.07, 6.45) is -0.769. The highest BCUT2D eigenvalue weighted by Crippen LogP contribution is 2.18. The Hall–Kier alpha value is -2.22. The van der Waals surface area contributed by atoms with Crippen LogP contribution in [-0.4, -0.2) is 41.5 Å². The molecule has 2 aromatic rings. The van der Waals surface area contributed by atoms with E-state index in [0.29, 0.717) is 6.54 Å². The van der Waals surface area contributed by atoms with Gasteiger partial charge in [0.2, 0.25) is 11.8 Å². The third-order valence-electron chi connectivity index (χ3n) is 3.51. The van der Waals surface area contributed by atoms with E-state index in [0.717, 1.165) is 11.1 Å². The van der Waals surface area contributed by atoms with Gasteiger partial charge in [-0.2, -0.15) is 11.3 Å². The molecular weight excluding hydrogens is 326 g/mol. The van der Waals surface area contributed by atoms with Gasteiger partial charge in [0.05, 0.1) is 25.7 Å². The zero-order valence-electron chi connectivity index (χ0n) is 13.2. The van der Waals surface area contributed by atoms with Crippen LogP contribution in [0.5, 0.6) is 0 Å². The summed E-state index contributed by atoms with van der Waals surface area (Å²) in [4.78, 5) is 25.2. The fourth-order valence-electron chi connectivity index (χ4n) is 2.20. The molecule has 0 bridgehead atoms. The van der Waals surface area contributed by atoms with Crippen molar-refractivity contribution in [1.29, 1.82) is 0 Å². The zero-order valence-corrected chi connectivity index (χ0v) is 14.0. The first-order valence-corrected chi connectivity index (χ1v) is 8.53. The fourth-order valence-corrected chi connectivity index (χ4v) is 2.90. The number of hydrogen-bond donors (Lipinski definition) is 3. The lowest BCUT2D eigenvalue weighted by molar-refractivity contribution is -0.134. The average molecular weight is 347 g/mol. The number of hydrogen-bond acceptors (Lipinski definition) is 5. The quantitative estimate of drug-likeness (QED) is 0.661. The van der Waals surface area contributed by atoms with Crippen LogP contribution in [0.4, 0.5) is 0 Å². The monoisotopic (exact) mass is 347 g/mol. The third-order valence-corrected chi connectivity index (χ3v) is 4.21. The van der Waals surface area contributed by atoms with Gasteiger partial charge in [0.25, 0.3) is 0 Å². The molecular formula is C17H21N3O3S. The molecule has 0 radical (unpaired) electrons. The molecule has 0 saturated carbocycles. The second-order valence-electron chi connectivity index (χ2n) is 5.31. The summed E-state index contributed by atoms with van der Waals surface area (Å²) in [7, 11) is 0. The van der Waals surface area contributed by atoms with E-state index in [-0.39, 0.29) is 31.4 Å². The van der Waals surface area contributed by atoms with E-state index in [9.17, 15) is 14.7 Å². The first kappa shape index (κ1) is 18.1. The number of nitrogens with one attached hydrogen (secondary N) is 1. The van der Waals surface area contributed by atoms with E-state index >= 15 is 0 Å². The maximum atomic E-state index is 12.4. The molecule has 0 aliphatic carbocycles. The normalized spacial score (nSPS) is 11.8. The van der Waals surface area contributed by atoms with Gasteiger partial charge in [-0.1, -0.05) is 30.3 Å². The number of thiophene rings is 1. The number of benzene rings is 1. The molecule has 2 rings (SSSR count). The van der Waals surface area contributed by atoms with Crippen LogP contribution in [0.15, 0.2) is 47.2 Å². The van der Waals surface area contributed by atoms with Gasteiger partial charge in [-0.15, -0.1) is 0 Å². The van der Waals surface area contributed by atoms with Crippen molar-refractivity contribution in [3.8, 4) is 0 Å². The second-order valence-corrected chi connectivity index (χ2v) is 6.09. The molecule has 24 heavy (non-hydrogen) atoms. The minimum absolute atomic E-state index is 0.140. The molecule has 1 aromatic heterocycles. The Bertz CT molecular complexity index is 646. The largest absolute Gasteiger partial charge is 0.387 e. The van der Waals surface area contributed by atoms with Crippen molar-refractivity contribution in [1.82, 2.24) is 10.2 Å². The molecule has 0 saturated heterocycles. The second kappa shape index (κ2) is 9.17. The van der Waals surface area contributed by atoms with Crippen molar-refractivity contribution in [2.45, 2.75) is 12.6 Å². The maximum absolute atomic E-state index is 12.4. The minimum Gasteiger partial charge on any atom is -0.387 e. The van der Waals surface area contributed by atoms with Crippen molar-refractivity contribution >= 4 is 23.2 Å². The Kier molecular flexibility index (Phi) is 6.92. The van der Waals surface area contributed by atoms with Crippen LogP contribution in [0, 0.1) is 0 Å². The van der Waals surface area contributed by atoms with E-state index in [1.54, 1.807) is 0 Å². The van der Waals surface area contributed by atoms with Crippen LogP contribution in [-0.2, 0) is 16.1 Å². The van der Waals surface area contributed by atoms with Crippen molar-refractivity contribution in [2.24, 2.45) is 5.73 Å². The number of rotatable bonds is 8. The summed E-state index contributed by atoms with van der Waals surface area (Å²) in [6, 6.07) is 11.3. The first-order valence-electron chi connectivity index (χ1n) is 7.58. The molecule has 4 N–H and O–H groups in total. The van der Waals surface area contributed by atoms with E-state index in [1.165, 1.54) is 16.2 Å². The number of aliphatic hydroxyl groups excluding tert-OH is 1. The topological polar surface area (TPSA) is 95.7 Å². The molecule has 0 aliphatic heterocycles. The highest BCUT2D eigenvalue weighted by molar-refractivity contribution is 7.07. The molecule has 1 aromatic carbocycles. The molecule has 0 aliphatic rings. The van der Waals surface area contributed by atoms with E-state index in [1.807, 2.05) is 47.2 Å². The van der Waals surface area contributed by atoms with Crippen LogP contribution < -0.4 is 11.1 Å². The van der Waals surface area contributed by atoms with Crippen molar-refractivity contribution < 1.29 is 14.7 Å². The summed E-state index contributed by atoms with van der Waals surface area (Å²) in [5.41, 5.74) is 6.95. The van der Waals surface area contributed by atoms with E-state index in [4.69, 9.17) is 5.73 Å². The summed E-state index contributed by atoms with van der Waals surface area (Å²) in [6.45, 7) is 0.213. The smallest absolute Gasteiger partial charge is 0.242 e. The van der Waals surface area contributed by atoms with Gasteiger partial charge in [-0.3, -0.25) is 9.59 Å². The molecule has 6 nitrogen and oxygen atoms in total. The number of carbonyl (C=O) groups excluding carboxylic acids is 2. The molecule has 2 amide bonds. The van der Waals surface area contributed by atoms with Crippen LogP contribution in [0.1, 0.15) is 17.2 Å². The van der Waals surface area contributed by atoms with Crippen molar-refractivity contribution in [3.05, 3.63) is 58.3 Å². The predicted octanol–water partition coefficient (Wildman–Crippen LogP) is 0.885. The minimum atomic E-state index is -0.769. The lowest BCUT2D eigenvalue weighted by atomic mass is 10.1. The van der Waals surface area contributed by atoms with E-state index in [2.05, 4.69) is 5.32 Å². The van der Waals surface area contributed by atoms with Gasteiger partial charge in [-0.25, -0.2) is 0 Å². The molecule has 1 unspecified atom stereocenters. The summed E-state index contributed by atoms with van der Waals surface area (Å²) >= 11 is 1.49. The molecule has 128 valence electrons. The molecule has 7 heteroatoms. The average Bonchev–Trinajstić information content (AvgIpc) is 3.14.